The lowest BCUT2D eigenvalue weighted by atomic mass is 10.0. The molecule has 3 nitrogen and oxygen atoms in total. The Morgan fingerprint density at radius 1 is 1.26 bits per heavy atom. The predicted molar refractivity (Wildman–Crippen MR) is 85.9 cm³/mol. The third-order valence-electron chi connectivity index (χ3n) is 3.35. The average Bonchev–Trinajstić information content (AvgIpc) is 2.69. The maximum atomic E-state index is 13.4. The van der Waals surface area contributed by atoms with Crippen LogP contribution in [-0.4, -0.2) is 22.0 Å². The van der Waals surface area contributed by atoms with Gasteiger partial charge in [0.2, 0.25) is 0 Å². The summed E-state index contributed by atoms with van der Waals surface area (Å²) in [5.74, 6) is -2.03. The van der Waals surface area contributed by atoms with Crippen molar-refractivity contribution in [2.45, 2.75) is 16.6 Å². The second-order valence-electron chi connectivity index (χ2n) is 4.95. The van der Waals surface area contributed by atoms with Gasteiger partial charge >= 0.3 is 5.97 Å². The van der Waals surface area contributed by atoms with Gasteiger partial charge < -0.3 is 5.11 Å². The Morgan fingerprint density at radius 2 is 2.04 bits per heavy atom. The molecule has 0 saturated carbocycles. The largest absolute Gasteiger partial charge is 0.480 e. The number of thioether (sulfide) groups is 1. The minimum absolute atomic E-state index is 0.0618. The average molecular weight is 354 g/mol. The lowest BCUT2D eigenvalue weighted by molar-refractivity contribution is -0.136. The molecule has 0 aromatic heterocycles. The maximum absolute atomic E-state index is 13.4. The molecule has 0 unspecified atom stereocenters. The summed E-state index contributed by atoms with van der Waals surface area (Å²) in [7, 11) is 0. The molecular formula is C16H10ClF2NO2S. The van der Waals surface area contributed by atoms with Gasteiger partial charge in [0.25, 0.3) is 0 Å². The first-order valence-corrected chi connectivity index (χ1v) is 7.92. The van der Waals surface area contributed by atoms with Crippen molar-refractivity contribution < 1.29 is 18.7 Å². The number of benzene rings is 2. The first-order valence-electron chi connectivity index (χ1n) is 6.66. The number of hydrogen-bond acceptors (Lipinski definition) is 3. The van der Waals surface area contributed by atoms with Crippen LogP contribution < -0.4 is 0 Å². The number of fused-ring (bicyclic) bond motifs is 1. The molecule has 1 N–H and O–H groups in total. The van der Waals surface area contributed by atoms with E-state index in [0.717, 1.165) is 11.8 Å². The third-order valence-corrected chi connectivity index (χ3v) is 4.88. The molecule has 0 saturated heterocycles. The minimum atomic E-state index is -1.02. The summed E-state index contributed by atoms with van der Waals surface area (Å²) in [6.45, 7) is 0. The van der Waals surface area contributed by atoms with Crippen LogP contribution in [0.3, 0.4) is 0 Å². The molecule has 0 fully saturated rings. The van der Waals surface area contributed by atoms with E-state index in [-0.39, 0.29) is 11.4 Å². The van der Waals surface area contributed by atoms with Crippen molar-refractivity contribution in [3.8, 4) is 0 Å². The second kappa shape index (κ2) is 6.29. The van der Waals surface area contributed by atoms with Crippen LogP contribution in [0, 0.1) is 11.6 Å². The smallest absolute Gasteiger partial charge is 0.317 e. The summed E-state index contributed by atoms with van der Waals surface area (Å²) >= 11 is 6.84. The van der Waals surface area contributed by atoms with Gasteiger partial charge in [0, 0.05) is 11.3 Å². The van der Waals surface area contributed by atoms with Gasteiger partial charge in [0.15, 0.2) is 0 Å². The van der Waals surface area contributed by atoms with E-state index in [1.54, 1.807) is 0 Å². The van der Waals surface area contributed by atoms with Crippen molar-refractivity contribution >= 4 is 40.7 Å². The molecule has 0 aliphatic carbocycles. The van der Waals surface area contributed by atoms with Crippen LogP contribution in [-0.2, 0) is 4.79 Å². The Kier molecular flexibility index (Phi) is 4.37. The molecule has 2 aromatic carbocycles. The zero-order valence-electron chi connectivity index (χ0n) is 11.6. The number of aliphatic imine (C=N–C) groups is 1. The number of carbonyl (C=O) groups is 1. The van der Waals surface area contributed by atoms with Gasteiger partial charge in [-0.1, -0.05) is 17.7 Å². The quantitative estimate of drug-likeness (QED) is 0.852. The molecule has 1 heterocycles. The zero-order chi connectivity index (χ0) is 16.6. The highest BCUT2D eigenvalue weighted by Gasteiger charge is 2.26. The number of carboxylic acid groups (broad SMARTS) is 1. The summed E-state index contributed by atoms with van der Waals surface area (Å²) in [5.41, 5.74) is 1.49. The van der Waals surface area contributed by atoms with Gasteiger partial charge in [-0.3, -0.25) is 9.79 Å². The van der Waals surface area contributed by atoms with E-state index >= 15 is 0 Å². The summed E-state index contributed by atoms with van der Waals surface area (Å²) < 4.78 is 26.7. The van der Waals surface area contributed by atoms with Gasteiger partial charge in [-0.2, -0.15) is 0 Å². The summed E-state index contributed by atoms with van der Waals surface area (Å²) in [6.07, 6.45) is 0.123. The van der Waals surface area contributed by atoms with E-state index in [9.17, 15) is 18.7 Å². The second-order valence-corrected chi connectivity index (χ2v) is 6.60. The topological polar surface area (TPSA) is 49.7 Å². The monoisotopic (exact) mass is 353 g/mol. The molecule has 2 aromatic rings. The zero-order valence-corrected chi connectivity index (χ0v) is 13.2. The first-order chi connectivity index (χ1) is 10.9. The van der Waals surface area contributed by atoms with Crippen LogP contribution in [0.4, 0.5) is 14.5 Å². The van der Waals surface area contributed by atoms with E-state index in [1.165, 1.54) is 36.4 Å². The fraction of sp³-hybridized carbons (Fsp3) is 0.125. The van der Waals surface area contributed by atoms with Gasteiger partial charge in [-0.15, -0.1) is 11.8 Å². The standard InChI is InChI=1S/C16H10ClF2NO2S/c17-10-5-8(1-3-11(10)19)13-7-15(16(21)22)23-14-6-9(18)2-4-12(14)20-13/h1-6,15H,7H2,(H,21,22)/t15-/m1/s1. The molecule has 1 aliphatic heterocycles. The molecule has 0 amide bonds. The van der Waals surface area contributed by atoms with Crippen LogP contribution in [0.2, 0.25) is 5.02 Å². The van der Waals surface area contributed by atoms with Gasteiger partial charge in [0.05, 0.1) is 16.4 Å². The van der Waals surface area contributed by atoms with Crippen LogP contribution in [0.5, 0.6) is 0 Å². The highest BCUT2D eigenvalue weighted by atomic mass is 35.5. The SMILES string of the molecule is O=C(O)[C@H]1CC(c2ccc(F)c(Cl)c2)=Nc2ccc(F)cc2S1. The molecule has 0 radical (unpaired) electrons. The minimum Gasteiger partial charge on any atom is -0.480 e. The fourth-order valence-electron chi connectivity index (χ4n) is 2.23. The van der Waals surface area contributed by atoms with Crippen molar-refractivity contribution in [2.75, 3.05) is 0 Å². The van der Waals surface area contributed by atoms with Crippen molar-refractivity contribution in [1.82, 2.24) is 0 Å². The Labute approximate surface area is 140 Å². The molecule has 3 rings (SSSR count). The van der Waals surface area contributed by atoms with E-state index in [0.29, 0.717) is 21.9 Å². The molecule has 1 aliphatic rings. The maximum Gasteiger partial charge on any atom is 0.317 e. The van der Waals surface area contributed by atoms with Crippen LogP contribution in [0.15, 0.2) is 46.3 Å². The molecular weight excluding hydrogens is 344 g/mol. The van der Waals surface area contributed by atoms with Crippen LogP contribution in [0.1, 0.15) is 12.0 Å². The molecule has 0 bridgehead atoms. The lowest BCUT2D eigenvalue weighted by Crippen LogP contribution is -2.20. The van der Waals surface area contributed by atoms with Crippen LogP contribution >= 0.6 is 23.4 Å². The predicted octanol–water partition coefficient (Wildman–Crippen LogP) is 4.69. The Hall–Kier alpha value is -1.92. The van der Waals surface area contributed by atoms with E-state index in [4.69, 9.17) is 11.6 Å². The normalized spacial score (nSPS) is 17.2. The molecule has 7 heteroatoms. The van der Waals surface area contributed by atoms with Gasteiger partial charge in [0.1, 0.15) is 16.9 Å². The number of aliphatic carboxylic acids is 1. The summed E-state index contributed by atoms with van der Waals surface area (Å²) in [6, 6.07) is 8.14. The Bertz CT molecular complexity index is 826. The fourth-order valence-corrected chi connectivity index (χ4v) is 3.48. The van der Waals surface area contributed by atoms with Gasteiger partial charge in [-0.25, -0.2) is 8.78 Å². The number of rotatable bonds is 2. The van der Waals surface area contributed by atoms with E-state index in [2.05, 4.69) is 4.99 Å². The molecule has 23 heavy (non-hydrogen) atoms. The molecule has 0 spiro atoms. The number of carboxylic acids is 1. The van der Waals surface area contributed by atoms with Crippen molar-refractivity contribution in [3.63, 3.8) is 0 Å². The van der Waals surface area contributed by atoms with Crippen molar-refractivity contribution in [1.29, 1.82) is 0 Å². The summed E-state index contributed by atoms with van der Waals surface area (Å²) in [5, 5.41) is 8.49. The highest BCUT2D eigenvalue weighted by Crippen LogP contribution is 2.38. The third kappa shape index (κ3) is 3.38. The molecule has 118 valence electrons. The van der Waals surface area contributed by atoms with Crippen molar-refractivity contribution in [2.24, 2.45) is 4.99 Å². The first kappa shape index (κ1) is 16.0. The molecule has 1 atom stereocenters. The number of halogens is 3. The number of hydrogen-bond donors (Lipinski definition) is 1. The highest BCUT2D eigenvalue weighted by molar-refractivity contribution is 8.00. The number of nitrogens with zero attached hydrogens (tertiary/aromatic N) is 1. The Morgan fingerprint density at radius 3 is 2.74 bits per heavy atom. The lowest BCUT2D eigenvalue weighted by Gasteiger charge is -2.11. The van der Waals surface area contributed by atoms with E-state index < -0.39 is 22.9 Å². The van der Waals surface area contributed by atoms with E-state index in [1.807, 2.05) is 0 Å². The Balaban J connectivity index is 2.11. The van der Waals surface area contributed by atoms with Crippen LogP contribution in [0.25, 0.3) is 0 Å². The summed E-state index contributed by atoms with van der Waals surface area (Å²) in [4.78, 5) is 16.3. The van der Waals surface area contributed by atoms with Crippen molar-refractivity contribution in [3.05, 3.63) is 58.6 Å². The van der Waals surface area contributed by atoms with Gasteiger partial charge in [-0.05, 0) is 35.9 Å².